The minimum atomic E-state index is 0.432. The lowest BCUT2D eigenvalue weighted by Gasteiger charge is -2.23. The first kappa shape index (κ1) is 14.8. The molecule has 2 aromatic rings. The van der Waals surface area contributed by atoms with Crippen LogP contribution in [-0.2, 0) is 6.42 Å². The summed E-state index contributed by atoms with van der Waals surface area (Å²) in [7, 11) is 0. The van der Waals surface area contributed by atoms with E-state index in [2.05, 4.69) is 66.6 Å². The first-order valence-electron chi connectivity index (χ1n) is 7.45. The van der Waals surface area contributed by atoms with Crippen LogP contribution in [0, 0.1) is 12.8 Å². The second kappa shape index (κ2) is 7.25. The fourth-order valence-corrected chi connectivity index (χ4v) is 2.56. The van der Waals surface area contributed by atoms with Gasteiger partial charge in [-0.2, -0.15) is 5.10 Å². The van der Waals surface area contributed by atoms with Crippen molar-refractivity contribution >= 4 is 0 Å². The van der Waals surface area contributed by atoms with E-state index < -0.39 is 0 Å². The zero-order valence-corrected chi connectivity index (χ0v) is 12.7. The normalized spacial score (nSPS) is 12.8. The quantitative estimate of drug-likeness (QED) is 0.755. The highest BCUT2D eigenvalue weighted by atomic mass is 15.1. The summed E-state index contributed by atoms with van der Waals surface area (Å²) in [5.74, 6) is 0.591. The van der Waals surface area contributed by atoms with Crippen LogP contribution in [0.2, 0.25) is 0 Å². The summed E-state index contributed by atoms with van der Waals surface area (Å²) in [5, 5.41) is 10.7. The molecular weight excluding hydrogens is 246 g/mol. The number of nitrogens with zero attached hydrogens (tertiary/aromatic N) is 1. The summed E-state index contributed by atoms with van der Waals surface area (Å²) in [4.78, 5) is 0. The van der Waals surface area contributed by atoms with Crippen LogP contribution >= 0.6 is 0 Å². The summed E-state index contributed by atoms with van der Waals surface area (Å²) in [6.45, 7) is 7.65. The SMILES string of the molecule is Cc1[nH]ncc1CCCNC(c1ccccc1)C(C)C. The summed E-state index contributed by atoms with van der Waals surface area (Å²) < 4.78 is 0. The molecule has 2 rings (SSSR count). The fraction of sp³-hybridized carbons (Fsp3) is 0.471. The van der Waals surface area contributed by atoms with Gasteiger partial charge in [0.1, 0.15) is 0 Å². The van der Waals surface area contributed by atoms with Crippen molar-refractivity contribution in [3.8, 4) is 0 Å². The van der Waals surface area contributed by atoms with Crippen LogP contribution in [0.25, 0.3) is 0 Å². The van der Waals surface area contributed by atoms with Crippen LogP contribution < -0.4 is 5.32 Å². The average molecular weight is 271 g/mol. The maximum absolute atomic E-state index is 4.07. The van der Waals surface area contributed by atoms with E-state index in [1.807, 2.05) is 6.20 Å². The molecule has 108 valence electrons. The molecule has 0 aliphatic heterocycles. The van der Waals surface area contributed by atoms with Gasteiger partial charge in [-0.05, 0) is 43.4 Å². The van der Waals surface area contributed by atoms with Gasteiger partial charge in [-0.25, -0.2) is 0 Å². The van der Waals surface area contributed by atoms with Crippen LogP contribution in [0.3, 0.4) is 0 Å². The first-order valence-corrected chi connectivity index (χ1v) is 7.45. The van der Waals surface area contributed by atoms with Gasteiger partial charge in [0.15, 0.2) is 0 Å². The Kier molecular flexibility index (Phi) is 5.36. The van der Waals surface area contributed by atoms with Crippen molar-refractivity contribution < 1.29 is 0 Å². The Morgan fingerprint density at radius 1 is 1.20 bits per heavy atom. The molecule has 0 amide bonds. The lowest BCUT2D eigenvalue weighted by atomic mass is 9.96. The summed E-state index contributed by atoms with van der Waals surface area (Å²) in [6.07, 6.45) is 4.15. The topological polar surface area (TPSA) is 40.7 Å². The molecule has 0 radical (unpaired) electrons. The first-order chi connectivity index (χ1) is 9.68. The van der Waals surface area contributed by atoms with Crippen LogP contribution in [0.15, 0.2) is 36.5 Å². The van der Waals surface area contributed by atoms with Gasteiger partial charge in [0, 0.05) is 11.7 Å². The smallest absolute Gasteiger partial charge is 0.0522 e. The number of nitrogens with one attached hydrogen (secondary N) is 2. The van der Waals surface area contributed by atoms with Crippen LogP contribution in [0.4, 0.5) is 0 Å². The monoisotopic (exact) mass is 271 g/mol. The number of aryl methyl sites for hydroxylation is 2. The van der Waals surface area contributed by atoms with Crippen LogP contribution in [0.5, 0.6) is 0 Å². The lowest BCUT2D eigenvalue weighted by molar-refractivity contribution is 0.409. The van der Waals surface area contributed by atoms with E-state index in [0.717, 1.165) is 19.4 Å². The third-order valence-corrected chi connectivity index (χ3v) is 3.75. The van der Waals surface area contributed by atoms with E-state index in [1.165, 1.54) is 16.8 Å². The number of benzene rings is 1. The van der Waals surface area contributed by atoms with Gasteiger partial charge in [-0.15, -0.1) is 0 Å². The van der Waals surface area contributed by atoms with E-state index in [0.29, 0.717) is 12.0 Å². The molecule has 1 heterocycles. The van der Waals surface area contributed by atoms with E-state index in [4.69, 9.17) is 0 Å². The number of aromatic nitrogens is 2. The van der Waals surface area contributed by atoms with Gasteiger partial charge in [-0.3, -0.25) is 5.10 Å². The Hall–Kier alpha value is -1.61. The lowest BCUT2D eigenvalue weighted by Crippen LogP contribution is -2.27. The molecule has 0 saturated carbocycles. The summed E-state index contributed by atoms with van der Waals surface area (Å²) in [5.41, 5.74) is 3.89. The Morgan fingerprint density at radius 3 is 2.55 bits per heavy atom. The molecule has 3 heteroatoms. The highest BCUT2D eigenvalue weighted by Crippen LogP contribution is 2.21. The molecule has 2 N–H and O–H groups in total. The Labute approximate surface area is 121 Å². The van der Waals surface area contributed by atoms with Crippen molar-refractivity contribution in [2.45, 2.75) is 39.7 Å². The molecule has 0 bridgehead atoms. The largest absolute Gasteiger partial charge is 0.310 e. The van der Waals surface area contributed by atoms with Crippen molar-refractivity contribution in [2.75, 3.05) is 6.54 Å². The number of hydrogen-bond acceptors (Lipinski definition) is 2. The number of aromatic amines is 1. The van der Waals surface area contributed by atoms with Gasteiger partial charge in [0.2, 0.25) is 0 Å². The summed E-state index contributed by atoms with van der Waals surface area (Å²) >= 11 is 0. The summed E-state index contributed by atoms with van der Waals surface area (Å²) in [6, 6.07) is 11.1. The Bertz CT molecular complexity index is 502. The molecule has 0 aliphatic rings. The highest BCUT2D eigenvalue weighted by Gasteiger charge is 2.14. The van der Waals surface area contributed by atoms with E-state index in [-0.39, 0.29) is 0 Å². The van der Waals surface area contributed by atoms with Crippen molar-refractivity contribution in [1.82, 2.24) is 15.5 Å². The molecule has 0 saturated heterocycles. The van der Waals surface area contributed by atoms with Gasteiger partial charge in [-0.1, -0.05) is 44.2 Å². The number of hydrogen-bond donors (Lipinski definition) is 2. The molecular formula is C17H25N3. The highest BCUT2D eigenvalue weighted by molar-refractivity contribution is 5.19. The number of rotatable bonds is 7. The number of H-pyrrole nitrogens is 1. The van der Waals surface area contributed by atoms with Crippen LogP contribution in [-0.4, -0.2) is 16.7 Å². The van der Waals surface area contributed by atoms with Crippen molar-refractivity contribution in [3.05, 3.63) is 53.3 Å². The average Bonchev–Trinajstić information content (AvgIpc) is 2.85. The van der Waals surface area contributed by atoms with Gasteiger partial charge < -0.3 is 5.32 Å². The van der Waals surface area contributed by atoms with E-state index >= 15 is 0 Å². The molecule has 1 unspecified atom stereocenters. The van der Waals surface area contributed by atoms with Gasteiger partial charge >= 0.3 is 0 Å². The molecule has 1 aromatic heterocycles. The Morgan fingerprint density at radius 2 is 1.95 bits per heavy atom. The predicted molar refractivity (Wildman–Crippen MR) is 83.7 cm³/mol. The minimum absolute atomic E-state index is 0.432. The molecule has 1 atom stereocenters. The second-order valence-corrected chi connectivity index (χ2v) is 5.71. The molecule has 0 aliphatic carbocycles. The molecule has 0 spiro atoms. The van der Waals surface area contributed by atoms with Crippen molar-refractivity contribution in [1.29, 1.82) is 0 Å². The molecule has 1 aromatic carbocycles. The standard InChI is InChI=1S/C17H25N3/c1-13(2)17(15-8-5-4-6-9-15)18-11-7-10-16-12-19-20-14(16)3/h4-6,8-9,12-13,17-18H,7,10-11H2,1-3H3,(H,19,20). The zero-order chi connectivity index (χ0) is 14.4. The minimum Gasteiger partial charge on any atom is -0.310 e. The molecule has 0 fully saturated rings. The maximum atomic E-state index is 4.07. The second-order valence-electron chi connectivity index (χ2n) is 5.71. The van der Waals surface area contributed by atoms with E-state index in [1.54, 1.807) is 0 Å². The fourth-order valence-electron chi connectivity index (χ4n) is 2.56. The van der Waals surface area contributed by atoms with Crippen molar-refractivity contribution in [2.24, 2.45) is 5.92 Å². The maximum Gasteiger partial charge on any atom is 0.0522 e. The zero-order valence-electron chi connectivity index (χ0n) is 12.7. The molecule has 3 nitrogen and oxygen atoms in total. The Balaban J connectivity index is 1.83. The van der Waals surface area contributed by atoms with Crippen molar-refractivity contribution in [3.63, 3.8) is 0 Å². The third kappa shape index (κ3) is 3.94. The third-order valence-electron chi connectivity index (χ3n) is 3.75. The van der Waals surface area contributed by atoms with Crippen LogP contribution in [0.1, 0.15) is 43.1 Å². The molecule has 20 heavy (non-hydrogen) atoms. The van der Waals surface area contributed by atoms with Gasteiger partial charge in [0.05, 0.1) is 6.20 Å². The van der Waals surface area contributed by atoms with E-state index in [9.17, 15) is 0 Å². The van der Waals surface area contributed by atoms with Gasteiger partial charge in [0.25, 0.3) is 0 Å². The predicted octanol–water partition coefficient (Wildman–Crippen LogP) is 3.64.